The minimum absolute atomic E-state index is 0.472. The van der Waals surface area contributed by atoms with Gasteiger partial charge in [-0.15, -0.1) is 0 Å². The van der Waals surface area contributed by atoms with Gasteiger partial charge >= 0.3 is 0 Å². The molecule has 2 N–H and O–H groups in total. The van der Waals surface area contributed by atoms with Gasteiger partial charge in [0.1, 0.15) is 0 Å². The molecule has 0 fully saturated rings. The quantitative estimate of drug-likeness (QED) is 0.821. The molecule has 16 heavy (non-hydrogen) atoms. The zero-order valence-electron chi connectivity index (χ0n) is 10.0. The molecular formula is C13H18N2S. The van der Waals surface area contributed by atoms with Crippen LogP contribution in [0.4, 0.5) is 5.69 Å². The number of rotatable bonds is 3. The monoisotopic (exact) mass is 234 g/mol. The van der Waals surface area contributed by atoms with E-state index in [1.807, 2.05) is 17.8 Å². The highest BCUT2D eigenvalue weighted by molar-refractivity contribution is 7.97. The number of nitrogens with two attached hydrogens (primary N) is 1. The number of hydrogen-bond donors (Lipinski definition) is 1. The molecule has 0 aliphatic rings. The summed E-state index contributed by atoms with van der Waals surface area (Å²) in [4.78, 5) is 0. The Morgan fingerprint density at radius 1 is 1.38 bits per heavy atom. The molecule has 1 aromatic carbocycles. The fourth-order valence-corrected chi connectivity index (χ4v) is 2.58. The van der Waals surface area contributed by atoms with Gasteiger partial charge in [-0.3, -0.25) is 0 Å². The molecule has 0 atom stereocenters. The Morgan fingerprint density at radius 2 is 2.12 bits per heavy atom. The summed E-state index contributed by atoms with van der Waals surface area (Å²) < 4.78 is 2.30. The van der Waals surface area contributed by atoms with Crippen molar-refractivity contribution < 1.29 is 0 Å². The van der Waals surface area contributed by atoms with Crippen LogP contribution in [0.5, 0.6) is 0 Å². The molecule has 2 aromatic rings. The summed E-state index contributed by atoms with van der Waals surface area (Å²) in [5.74, 6) is 1.06. The van der Waals surface area contributed by atoms with Crippen molar-refractivity contribution in [1.29, 1.82) is 0 Å². The predicted octanol–water partition coefficient (Wildman–Crippen LogP) is 3.67. The highest BCUT2D eigenvalue weighted by Crippen LogP contribution is 2.28. The Kier molecular flexibility index (Phi) is 3.15. The van der Waals surface area contributed by atoms with Crippen LogP contribution in [0.15, 0.2) is 24.4 Å². The number of benzene rings is 1. The summed E-state index contributed by atoms with van der Waals surface area (Å²) in [5.41, 5.74) is 9.34. The molecule has 0 bridgehead atoms. The zero-order valence-corrected chi connectivity index (χ0v) is 10.8. The average molecular weight is 234 g/mol. The highest BCUT2D eigenvalue weighted by Gasteiger charge is 2.10. The van der Waals surface area contributed by atoms with Gasteiger partial charge in [-0.05, 0) is 37.8 Å². The first-order valence-corrected chi connectivity index (χ1v) is 6.90. The molecule has 0 radical (unpaired) electrons. The third-order valence-corrected chi connectivity index (χ3v) is 3.40. The van der Waals surface area contributed by atoms with Gasteiger partial charge in [0, 0.05) is 29.1 Å². The summed E-state index contributed by atoms with van der Waals surface area (Å²) in [6, 6.07) is 6.66. The van der Waals surface area contributed by atoms with E-state index in [1.165, 1.54) is 16.5 Å². The molecule has 86 valence electrons. The SMILES string of the molecule is CSCc1cn(C(C)C)c2cc(N)ccc12. The molecule has 3 heteroatoms. The second-order valence-electron chi connectivity index (χ2n) is 4.36. The minimum Gasteiger partial charge on any atom is -0.399 e. The van der Waals surface area contributed by atoms with Crippen LogP contribution < -0.4 is 5.73 Å². The van der Waals surface area contributed by atoms with Crippen LogP contribution in [0.3, 0.4) is 0 Å². The second kappa shape index (κ2) is 4.42. The van der Waals surface area contributed by atoms with Crippen LogP contribution in [0.25, 0.3) is 10.9 Å². The lowest BCUT2D eigenvalue weighted by Crippen LogP contribution is -1.98. The van der Waals surface area contributed by atoms with Crippen molar-refractivity contribution in [3.8, 4) is 0 Å². The third-order valence-electron chi connectivity index (χ3n) is 2.80. The molecular weight excluding hydrogens is 216 g/mol. The number of nitrogen functional groups attached to an aromatic ring is 1. The van der Waals surface area contributed by atoms with Crippen molar-refractivity contribution in [3.05, 3.63) is 30.0 Å². The Hall–Kier alpha value is -1.09. The number of nitrogens with zero attached hydrogens (tertiary/aromatic N) is 1. The first kappa shape index (κ1) is 11.4. The van der Waals surface area contributed by atoms with Crippen molar-refractivity contribution >= 4 is 28.4 Å². The van der Waals surface area contributed by atoms with E-state index in [2.05, 4.69) is 43.0 Å². The molecule has 0 amide bonds. The standard InChI is InChI=1S/C13H18N2S/c1-9(2)15-7-10(8-16-3)12-5-4-11(14)6-13(12)15/h4-7,9H,8,14H2,1-3H3. The fourth-order valence-electron chi connectivity index (χ4n) is 2.04. The average Bonchev–Trinajstić information content (AvgIpc) is 2.57. The van der Waals surface area contributed by atoms with Crippen LogP contribution in [-0.4, -0.2) is 10.8 Å². The molecule has 1 aromatic heterocycles. The number of aromatic nitrogens is 1. The lowest BCUT2D eigenvalue weighted by Gasteiger charge is -2.09. The summed E-state index contributed by atoms with van der Waals surface area (Å²) >= 11 is 1.85. The van der Waals surface area contributed by atoms with Crippen LogP contribution in [0, 0.1) is 0 Å². The number of thioether (sulfide) groups is 1. The van der Waals surface area contributed by atoms with Gasteiger partial charge in [-0.2, -0.15) is 11.8 Å². The van der Waals surface area contributed by atoms with Crippen molar-refractivity contribution in [2.45, 2.75) is 25.6 Å². The first-order valence-electron chi connectivity index (χ1n) is 5.51. The Balaban J connectivity index is 2.66. The minimum atomic E-state index is 0.472. The molecule has 0 saturated heterocycles. The van der Waals surface area contributed by atoms with E-state index >= 15 is 0 Å². The van der Waals surface area contributed by atoms with Gasteiger partial charge in [-0.1, -0.05) is 6.07 Å². The van der Waals surface area contributed by atoms with Gasteiger partial charge in [0.25, 0.3) is 0 Å². The molecule has 0 aliphatic carbocycles. The topological polar surface area (TPSA) is 30.9 Å². The van der Waals surface area contributed by atoms with Crippen molar-refractivity contribution in [2.24, 2.45) is 0 Å². The lowest BCUT2D eigenvalue weighted by molar-refractivity contribution is 0.622. The summed E-state index contributed by atoms with van der Waals surface area (Å²) in [6.45, 7) is 4.40. The van der Waals surface area contributed by atoms with Crippen LogP contribution in [-0.2, 0) is 5.75 Å². The lowest BCUT2D eigenvalue weighted by atomic mass is 10.2. The first-order chi connectivity index (χ1) is 7.63. The van der Waals surface area contributed by atoms with Crippen LogP contribution in [0.1, 0.15) is 25.5 Å². The highest BCUT2D eigenvalue weighted by atomic mass is 32.2. The Bertz CT molecular complexity index is 500. The maximum atomic E-state index is 5.86. The molecule has 0 aliphatic heterocycles. The largest absolute Gasteiger partial charge is 0.399 e. The maximum absolute atomic E-state index is 5.86. The third kappa shape index (κ3) is 1.92. The molecule has 2 nitrogen and oxygen atoms in total. The molecule has 0 saturated carbocycles. The van der Waals surface area contributed by atoms with Crippen LogP contribution in [0.2, 0.25) is 0 Å². The normalized spacial score (nSPS) is 11.5. The number of fused-ring (bicyclic) bond motifs is 1. The van der Waals surface area contributed by atoms with E-state index in [0.717, 1.165) is 11.4 Å². The van der Waals surface area contributed by atoms with E-state index in [0.29, 0.717) is 6.04 Å². The Labute approximate surface area is 101 Å². The molecule has 2 rings (SSSR count). The number of hydrogen-bond acceptors (Lipinski definition) is 2. The van der Waals surface area contributed by atoms with E-state index < -0.39 is 0 Å². The van der Waals surface area contributed by atoms with Gasteiger partial charge in [-0.25, -0.2) is 0 Å². The van der Waals surface area contributed by atoms with E-state index in [9.17, 15) is 0 Å². The molecule has 0 unspecified atom stereocenters. The van der Waals surface area contributed by atoms with Gasteiger partial charge in [0.15, 0.2) is 0 Å². The van der Waals surface area contributed by atoms with Gasteiger partial charge in [0.2, 0.25) is 0 Å². The van der Waals surface area contributed by atoms with Crippen molar-refractivity contribution in [2.75, 3.05) is 12.0 Å². The molecule has 1 heterocycles. The summed E-state index contributed by atoms with van der Waals surface area (Å²) in [7, 11) is 0. The van der Waals surface area contributed by atoms with Gasteiger partial charge < -0.3 is 10.3 Å². The smallest absolute Gasteiger partial charge is 0.0506 e. The second-order valence-corrected chi connectivity index (χ2v) is 5.23. The summed E-state index contributed by atoms with van der Waals surface area (Å²) in [6.07, 6.45) is 4.39. The van der Waals surface area contributed by atoms with Crippen molar-refractivity contribution in [3.63, 3.8) is 0 Å². The Morgan fingerprint density at radius 3 is 2.75 bits per heavy atom. The maximum Gasteiger partial charge on any atom is 0.0506 e. The van der Waals surface area contributed by atoms with Crippen molar-refractivity contribution in [1.82, 2.24) is 4.57 Å². The van der Waals surface area contributed by atoms with E-state index in [-0.39, 0.29) is 0 Å². The summed E-state index contributed by atoms with van der Waals surface area (Å²) in [5, 5.41) is 1.33. The number of anilines is 1. The predicted molar refractivity (Wildman–Crippen MR) is 74.0 cm³/mol. The van der Waals surface area contributed by atoms with E-state index in [4.69, 9.17) is 5.73 Å². The zero-order chi connectivity index (χ0) is 11.7. The van der Waals surface area contributed by atoms with Gasteiger partial charge in [0.05, 0.1) is 5.52 Å². The van der Waals surface area contributed by atoms with E-state index in [1.54, 1.807) is 0 Å². The fraction of sp³-hybridized carbons (Fsp3) is 0.385. The molecule has 0 spiro atoms. The van der Waals surface area contributed by atoms with Crippen LogP contribution >= 0.6 is 11.8 Å².